The van der Waals surface area contributed by atoms with E-state index in [-0.39, 0.29) is 5.82 Å². The van der Waals surface area contributed by atoms with Crippen LogP contribution >= 0.6 is 27.5 Å². The fraction of sp³-hybridized carbons (Fsp3) is 0.562. The lowest BCUT2D eigenvalue weighted by Gasteiger charge is -2.12. The molecule has 0 radical (unpaired) electrons. The molecule has 1 aromatic carbocycles. The predicted octanol–water partition coefficient (Wildman–Crippen LogP) is 5.30. The number of hydrogen-bond acceptors (Lipinski definition) is 1. The Morgan fingerprint density at radius 2 is 2.10 bits per heavy atom. The van der Waals surface area contributed by atoms with Crippen molar-refractivity contribution in [3.8, 4) is 0 Å². The third-order valence-electron chi connectivity index (χ3n) is 4.42. The molecule has 0 spiro atoms. The number of halogens is 3. The second-order valence-corrected chi connectivity index (χ2v) is 7.05. The molecule has 0 saturated heterocycles. The molecule has 2 aromatic rings. The number of fused-ring (bicyclic) bond motifs is 1. The van der Waals surface area contributed by atoms with Crippen molar-refractivity contribution in [2.75, 3.05) is 5.88 Å². The SMILES string of the molecule is Fc1cc2c(cc1Br)nc(CCCl)n2CCC1CCCC1. The summed E-state index contributed by atoms with van der Waals surface area (Å²) in [6, 6.07) is 3.34. The van der Waals surface area contributed by atoms with Crippen molar-refractivity contribution in [1.29, 1.82) is 0 Å². The minimum absolute atomic E-state index is 0.234. The summed E-state index contributed by atoms with van der Waals surface area (Å²) in [7, 11) is 0. The first-order valence-corrected chi connectivity index (χ1v) is 8.92. The maximum absolute atomic E-state index is 13.9. The largest absolute Gasteiger partial charge is 0.328 e. The number of alkyl halides is 1. The van der Waals surface area contributed by atoms with Gasteiger partial charge in [0.15, 0.2) is 0 Å². The highest BCUT2D eigenvalue weighted by Gasteiger charge is 2.17. The van der Waals surface area contributed by atoms with Crippen LogP contribution in [0.5, 0.6) is 0 Å². The summed E-state index contributed by atoms with van der Waals surface area (Å²) in [6.45, 7) is 0.911. The zero-order valence-electron chi connectivity index (χ0n) is 11.9. The Bertz CT molecular complexity index is 635. The molecule has 0 amide bonds. The number of aromatic nitrogens is 2. The average molecular weight is 374 g/mol. The first kappa shape index (κ1) is 15.3. The van der Waals surface area contributed by atoms with E-state index in [1.54, 1.807) is 12.1 Å². The van der Waals surface area contributed by atoms with Gasteiger partial charge in [-0.15, -0.1) is 11.6 Å². The molecule has 1 fully saturated rings. The molecule has 1 heterocycles. The molecule has 1 saturated carbocycles. The van der Waals surface area contributed by atoms with Crippen LogP contribution in [0.1, 0.15) is 37.9 Å². The quantitative estimate of drug-likeness (QED) is 0.650. The Kier molecular flexibility index (Phi) is 4.85. The molecule has 3 rings (SSSR count). The summed E-state index contributed by atoms with van der Waals surface area (Å²) in [6.07, 6.45) is 7.24. The van der Waals surface area contributed by atoms with Gasteiger partial charge in [0, 0.05) is 24.9 Å². The Morgan fingerprint density at radius 1 is 1.33 bits per heavy atom. The van der Waals surface area contributed by atoms with E-state index >= 15 is 0 Å². The Labute approximate surface area is 137 Å². The summed E-state index contributed by atoms with van der Waals surface area (Å²) in [5.74, 6) is 2.08. The van der Waals surface area contributed by atoms with Crippen LogP contribution in [0.2, 0.25) is 0 Å². The number of imidazole rings is 1. The van der Waals surface area contributed by atoms with Gasteiger partial charge < -0.3 is 4.57 Å². The normalized spacial score (nSPS) is 16.1. The van der Waals surface area contributed by atoms with Crippen LogP contribution in [0, 0.1) is 11.7 Å². The molecule has 1 aliphatic rings. The summed E-state index contributed by atoms with van der Waals surface area (Å²) < 4.78 is 16.5. The monoisotopic (exact) mass is 372 g/mol. The predicted molar refractivity (Wildman–Crippen MR) is 88.4 cm³/mol. The number of benzene rings is 1. The molecule has 1 aromatic heterocycles. The smallest absolute Gasteiger partial charge is 0.139 e. The fourth-order valence-corrected chi connectivity index (χ4v) is 3.81. The fourth-order valence-electron chi connectivity index (χ4n) is 3.31. The maximum Gasteiger partial charge on any atom is 0.139 e. The van der Waals surface area contributed by atoms with Gasteiger partial charge in [-0.05, 0) is 34.3 Å². The van der Waals surface area contributed by atoms with Gasteiger partial charge in [-0.25, -0.2) is 9.37 Å². The maximum atomic E-state index is 13.9. The molecule has 1 aliphatic carbocycles. The minimum Gasteiger partial charge on any atom is -0.328 e. The zero-order valence-corrected chi connectivity index (χ0v) is 14.3. The molecule has 114 valence electrons. The second-order valence-electron chi connectivity index (χ2n) is 5.81. The lowest BCUT2D eigenvalue weighted by Crippen LogP contribution is -2.08. The highest BCUT2D eigenvalue weighted by molar-refractivity contribution is 9.10. The number of nitrogens with zero attached hydrogens (tertiary/aromatic N) is 2. The van der Waals surface area contributed by atoms with Crippen LogP contribution in [-0.4, -0.2) is 15.4 Å². The third kappa shape index (κ3) is 3.26. The van der Waals surface area contributed by atoms with E-state index in [1.165, 1.54) is 25.7 Å². The van der Waals surface area contributed by atoms with Gasteiger partial charge in [-0.3, -0.25) is 0 Å². The molecule has 0 unspecified atom stereocenters. The van der Waals surface area contributed by atoms with Crippen LogP contribution in [-0.2, 0) is 13.0 Å². The molecule has 0 aliphatic heterocycles. The van der Waals surface area contributed by atoms with Gasteiger partial charge in [0.2, 0.25) is 0 Å². The van der Waals surface area contributed by atoms with Crippen molar-refractivity contribution >= 4 is 38.6 Å². The molecule has 2 nitrogen and oxygen atoms in total. The molecule has 0 bridgehead atoms. The van der Waals surface area contributed by atoms with Gasteiger partial charge in [0.1, 0.15) is 11.6 Å². The van der Waals surface area contributed by atoms with Gasteiger partial charge in [-0.1, -0.05) is 25.7 Å². The standard InChI is InChI=1S/C16H19BrClFN2/c17-12-9-14-15(10-13(12)19)21(16(20-14)5-7-18)8-6-11-3-1-2-4-11/h9-11H,1-8H2. The topological polar surface area (TPSA) is 17.8 Å². The van der Waals surface area contributed by atoms with Crippen molar-refractivity contribution < 1.29 is 4.39 Å². The van der Waals surface area contributed by atoms with Gasteiger partial charge in [-0.2, -0.15) is 0 Å². The first-order chi connectivity index (χ1) is 10.2. The molecule has 21 heavy (non-hydrogen) atoms. The molecular weight excluding hydrogens is 355 g/mol. The summed E-state index contributed by atoms with van der Waals surface area (Å²) >= 11 is 9.12. The number of rotatable bonds is 5. The molecular formula is C16H19BrClFN2. The van der Waals surface area contributed by atoms with E-state index in [9.17, 15) is 4.39 Å². The number of aryl methyl sites for hydroxylation is 2. The lowest BCUT2D eigenvalue weighted by molar-refractivity contribution is 0.457. The van der Waals surface area contributed by atoms with Crippen LogP contribution in [0.4, 0.5) is 4.39 Å². The lowest BCUT2D eigenvalue weighted by atomic mass is 10.0. The highest BCUT2D eigenvalue weighted by Crippen LogP contribution is 2.30. The van der Waals surface area contributed by atoms with E-state index in [2.05, 4.69) is 25.5 Å². The van der Waals surface area contributed by atoms with Gasteiger partial charge >= 0.3 is 0 Å². The highest BCUT2D eigenvalue weighted by atomic mass is 79.9. The van der Waals surface area contributed by atoms with Crippen molar-refractivity contribution in [2.24, 2.45) is 5.92 Å². The number of hydrogen-bond donors (Lipinski definition) is 0. The van der Waals surface area contributed by atoms with E-state index < -0.39 is 0 Å². The van der Waals surface area contributed by atoms with Crippen LogP contribution in [0.3, 0.4) is 0 Å². The van der Waals surface area contributed by atoms with Crippen LogP contribution in [0.25, 0.3) is 11.0 Å². The van der Waals surface area contributed by atoms with Crippen LogP contribution < -0.4 is 0 Å². The molecule has 5 heteroatoms. The summed E-state index contributed by atoms with van der Waals surface area (Å²) in [5.41, 5.74) is 1.73. The first-order valence-electron chi connectivity index (χ1n) is 7.59. The molecule has 0 N–H and O–H groups in total. The third-order valence-corrected chi connectivity index (χ3v) is 5.22. The zero-order chi connectivity index (χ0) is 14.8. The van der Waals surface area contributed by atoms with Gasteiger partial charge in [0.05, 0.1) is 15.5 Å². The van der Waals surface area contributed by atoms with Crippen LogP contribution in [0.15, 0.2) is 16.6 Å². The molecule has 0 atom stereocenters. The minimum atomic E-state index is -0.234. The van der Waals surface area contributed by atoms with E-state index in [0.717, 1.165) is 42.2 Å². The average Bonchev–Trinajstić information content (AvgIpc) is 3.06. The Hall–Kier alpha value is -0.610. The van der Waals surface area contributed by atoms with Crippen molar-refractivity contribution in [3.63, 3.8) is 0 Å². The second kappa shape index (κ2) is 6.66. The Balaban J connectivity index is 1.92. The van der Waals surface area contributed by atoms with Crippen molar-refractivity contribution in [3.05, 3.63) is 28.2 Å². The van der Waals surface area contributed by atoms with Crippen molar-refractivity contribution in [1.82, 2.24) is 9.55 Å². The van der Waals surface area contributed by atoms with Gasteiger partial charge in [0.25, 0.3) is 0 Å². The summed E-state index contributed by atoms with van der Waals surface area (Å²) in [4.78, 5) is 4.63. The van der Waals surface area contributed by atoms with E-state index in [0.29, 0.717) is 10.4 Å². The van der Waals surface area contributed by atoms with E-state index in [4.69, 9.17) is 11.6 Å². The summed E-state index contributed by atoms with van der Waals surface area (Å²) in [5, 5.41) is 0. The van der Waals surface area contributed by atoms with Crippen molar-refractivity contribution in [2.45, 2.75) is 45.1 Å². The Morgan fingerprint density at radius 3 is 2.81 bits per heavy atom. The van der Waals surface area contributed by atoms with E-state index in [1.807, 2.05) is 0 Å².